The molecule has 3 atom stereocenters. The van der Waals surface area contributed by atoms with E-state index in [1.807, 2.05) is 24.3 Å². The Morgan fingerprint density at radius 2 is 2.08 bits per heavy atom. The highest BCUT2D eigenvalue weighted by Crippen LogP contribution is 2.44. The van der Waals surface area contributed by atoms with Crippen molar-refractivity contribution in [3.8, 4) is 11.5 Å². The second-order valence-corrected chi connectivity index (χ2v) is 8.36. The van der Waals surface area contributed by atoms with E-state index in [-0.39, 0.29) is 5.91 Å². The summed E-state index contributed by atoms with van der Waals surface area (Å²) < 4.78 is 6.62. The number of halogens is 1. The molecule has 1 amide bonds. The summed E-state index contributed by atoms with van der Waals surface area (Å²) in [4.78, 5) is 12.1. The third-order valence-corrected chi connectivity index (χ3v) is 6.26. The normalized spacial score (nSPS) is 25.1. The maximum absolute atomic E-state index is 12.1. The number of carbonyl (C=O) groups excluding carboxylic acids is 1. The van der Waals surface area contributed by atoms with Crippen molar-refractivity contribution in [3.63, 3.8) is 0 Å². The van der Waals surface area contributed by atoms with Gasteiger partial charge >= 0.3 is 0 Å². The largest absolute Gasteiger partial charge is 0.411 e. The van der Waals surface area contributed by atoms with E-state index >= 15 is 0 Å². The minimum Gasteiger partial charge on any atom is -0.411 e. The lowest BCUT2D eigenvalue weighted by Gasteiger charge is -2.22. The molecule has 4 rings (SSSR count). The highest BCUT2D eigenvalue weighted by molar-refractivity contribution is 9.10. The van der Waals surface area contributed by atoms with Crippen LogP contribution in [-0.2, 0) is 4.79 Å². The fraction of sp³-hybridized carbons (Fsp3) is 0.471. The number of nitrogens with zero attached hydrogens (tertiary/aromatic N) is 2. The predicted molar refractivity (Wildman–Crippen MR) is 95.5 cm³/mol. The molecule has 5 nitrogen and oxygen atoms in total. The lowest BCUT2D eigenvalue weighted by molar-refractivity contribution is -0.119. The van der Waals surface area contributed by atoms with Gasteiger partial charge in [0.2, 0.25) is 11.8 Å². The second-order valence-electron chi connectivity index (χ2n) is 6.52. The molecule has 2 aromatic rings. The van der Waals surface area contributed by atoms with Gasteiger partial charge in [-0.1, -0.05) is 34.1 Å². The minimum atomic E-state index is 0.0564. The molecule has 7 heteroatoms. The summed E-state index contributed by atoms with van der Waals surface area (Å²) in [5.41, 5.74) is 0.865. The van der Waals surface area contributed by atoms with Crippen LogP contribution in [-0.4, -0.2) is 27.9 Å². The lowest BCUT2D eigenvalue weighted by Crippen LogP contribution is -2.39. The highest BCUT2D eigenvalue weighted by atomic mass is 79.9. The van der Waals surface area contributed by atoms with Crippen molar-refractivity contribution in [1.29, 1.82) is 0 Å². The van der Waals surface area contributed by atoms with Crippen LogP contribution in [0.25, 0.3) is 11.5 Å². The maximum Gasteiger partial charge on any atom is 0.277 e. The maximum atomic E-state index is 12.1. The number of nitrogens with one attached hydrogen (secondary N) is 1. The number of rotatable bonds is 5. The third kappa shape index (κ3) is 3.52. The van der Waals surface area contributed by atoms with Crippen LogP contribution in [0.1, 0.15) is 25.7 Å². The number of amides is 1. The number of fused-ring (bicyclic) bond motifs is 2. The number of benzene rings is 1. The third-order valence-electron chi connectivity index (χ3n) is 4.91. The molecule has 0 radical (unpaired) electrons. The van der Waals surface area contributed by atoms with Crippen molar-refractivity contribution in [2.24, 2.45) is 11.8 Å². The van der Waals surface area contributed by atoms with Gasteiger partial charge in [0.25, 0.3) is 5.22 Å². The van der Waals surface area contributed by atoms with E-state index in [0.717, 1.165) is 22.4 Å². The summed E-state index contributed by atoms with van der Waals surface area (Å²) in [6, 6.07) is 8.05. The van der Waals surface area contributed by atoms with Gasteiger partial charge in [0.1, 0.15) is 0 Å². The summed E-state index contributed by atoms with van der Waals surface area (Å²) in [6.07, 6.45) is 5.04. The zero-order valence-corrected chi connectivity index (χ0v) is 15.5. The van der Waals surface area contributed by atoms with E-state index in [4.69, 9.17) is 4.42 Å². The first-order valence-corrected chi connectivity index (χ1v) is 9.97. The predicted octanol–water partition coefficient (Wildman–Crippen LogP) is 3.90. The van der Waals surface area contributed by atoms with Gasteiger partial charge in [-0.2, -0.15) is 0 Å². The fourth-order valence-electron chi connectivity index (χ4n) is 3.77. The molecule has 0 aliphatic heterocycles. The molecule has 1 N–H and O–H groups in total. The van der Waals surface area contributed by atoms with Gasteiger partial charge in [0, 0.05) is 16.1 Å². The zero-order chi connectivity index (χ0) is 16.5. The molecule has 2 saturated carbocycles. The monoisotopic (exact) mass is 407 g/mol. The second kappa shape index (κ2) is 6.88. The van der Waals surface area contributed by atoms with Gasteiger partial charge in [-0.15, -0.1) is 10.2 Å². The standard InChI is InChI=1S/C17H18BrN3O2S/c18-13-5-3-11(4-6-13)16-20-21-17(23-16)24-9-15(22)19-14-8-10-1-2-12(14)7-10/h3-6,10,12,14H,1-2,7-9H2,(H,19,22)/t10-,12-,14-/m0/s1. The number of hydrogen-bond acceptors (Lipinski definition) is 5. The SMILES string of the molecule is O=C(CSc1nnc(-c2ccc(Br)cc2)o1)N[C@H]1C[C@H]2CC[C@H]1C2. The Morgan fingerprint density at radius 3 is 2.79 bits per heavy atom. The Bertz CT molecular complexity index is 734. The average Bonchev–Trinajstić information content (AvgIpc) is 3.30. The van der Waals surface area contributed by atoms with Gasteiger partial charge in [0.15, 0.2) is 0 Å². The van der Waals surface area contributed by atoms with Gasteiger partial charge in [0.05, 0.1) is 5.75 Å². The molecule has 1 heterocycles. The van der Waals surface area contributed by atoms with Crippen LogP contribution in [0, 0.1) is 11.8 Å². The Labute approximate surface area is 153 Å². The Hall–Kier alpha value is -1.34. The highest BCUT2D eigenvalue weighted by Gasteiger charge is 2.40. The van der Waals surface area contributed by atoms with Crippen LogP contribution in [0.5, 0.6) is 0 Å². The van der Waals surface area contributed by atoms with Gasteiger partial charge in [-0.05, 0) is 55.4 Å². The molecular formula is C17H18BrN3O2S. The van der Waals surface area contributed by atoms with Crippen LogP contribution >= 0.6 is 27.7 Å². The van der Waals surface area contributed by atoms with E-state index < -0.39 is 0 Å². The van der Waals surface area contributed by atoms with Crippen LogP contribution in [0.15, 0.2) is 38.4 Å². The van der Waals surface area contributed by atoms with Crippen LogP contribution in [0.2, 0.25) is 0 Å². The first-order chi connectivity index (χ1) is 11.7. The number of thioether (sulfide) groups is 1. The number of aromatic nitrogens is 2. The molecule has 2 aliphatic carbocycles. The Balaban J connectivity index is 1.30. The Kier molecular flexibility index (Phi) is 4.63. The van der Waals surface area contributed by atoms with E-state index in [0.29, 0.717) is 28.8 Å². The molecule has 2 bridgehead atoms. The Morgan fingerprint density at radius 1 is 1.25 bits per heavy atom. The molecule has 1 aromatic carbocycles. The summed E-state index contributed by atoms with van der Waals surface area (Å²) in [6.45, 7) is 0. The summed E-state index contributed by atoms with van der Waals surface area (Å²) in [5, 5.41) is 11.7. The van der Waals surface area contributed by atoms with Crippen LogP contribution in [0.4, 0.5) is 0 Å². The van der Waals surface area contributed by atoms with Crippen molar-refractivity contribution in [1.82, 2.24) is 15.5 Å². The molecule has 0 unspecified atom stereocenters. The minimum absolute atomic E-state index is 0.0564. The van der Waals surface area contributed by atoms with Crippen LogP contribution in [0.3, 0.4) is 0 Å². The molecule has 0 spiro atoms. The number of carbonyl (C=O) groups is 1. The van der Waals surface area contributed by atoms with Crippen LogP contribution < -0.4 is 5.32 Å². The van der Waals surface area contributed by atoms with E-state index in [9.17, 15) is 4.79 Å². The van der Waals surface area contributed by atoms with Crippen molar-refractivity contribution >= 4 is 33.6 Å². The lowest BCUT2D eigenvalue weighted by atomic mass is 9.95. The summed E-state index contributed by atoms with van der Waals surface area (Å²) >= 11 is 4.69. The summed E-state index contributed by atoms with van der Waals surface area (Å²) in [7, 11) is 0. The fourth-order valence-corrected chi connectivity index (χ4v) is 4.61. The quantitative estimate of drug-likeness (QED) is 0.761. The van der Waals surface area contributed by atoms with Crippen molar-refractivity contribution in [2.45, 2.75) is 36.9 Å². The average molecular weight is 408 g/mol. The first kappa shape index (κ1) is 16.1. The molecule has 0 saturated heterocycles. The van der Waals surface area contributed by atoms with Crippen molar-refractivity contribution in [2.75, 3.05) is 5.75 Å². The van der Waals surface area contributed by atoms with Gasteiger partial charge < -0.3 is 9.73 Å². The molecule has 126 valence electrons. The van der Waals surface area contributed by atoms with Crippen molar-refractivity contribution in [3.05, 3.63) is 28.7 Å². The smallest absolute Gasteiger partial charge is 0.277 e. The first-order valence-electron chi connectivity index (χ1n) is 8.19. The number of hydrogen-bond donors (Lipinski definition) is 1. The summed E-state index contributed by atoms with van der Waals surface area (Å²) in [5.74, 6) is 2.36. The zero-order valence-electron chi connectivity index (χ0n) is 13.1. The van der Waals surface area contributed by atoms with E-state index in [1.165, 1.54) is 31.0 Å². The topological polar surface area (TPSA) is 68.0 Å². The molecule has 2 aliphatic rings. The molecule has 24 heavy (non-hydrogen) atoms. The van der Waals surface area contributed by atoms with E-state index in [1.54, 1.807) is 0 Å². The van der Waals surface area contributed by atoms with Gasteiger partial charge in [-0.3, -0.25) is 4.79 Å². The van der Waals surface area contributed by atoms with E-state index in [2.05, 4.69) is 31.4 Å². The molecule has 2 fully saturated rings. The van der Waals surface area contributed by atoms with Crippen molar-refractivity contribution < 1.29 is 9.21 Å². The van der Waals surface area contributed by atoms with Gasteiger partial charge in [-0.25, -0.2) is 0 Å². The molecule has 1 aromatic heterocycles. The molecular weight excluding hydrogens is 390 g/mol.